The number of hydrogen-bond donors (Lipinski definition) is 1. The summed E-state index contributed by atoms with van der Waals surface area (Å²) in [6.07, 6.45) is 0. The van der Waals surface area contributed by atoms with Crippen LogP contribution in [0.1, 0.15) is 12.5 Å². The second-order valence-corrected chi connectivity index (χ2v) is 7.45. The maximum Gasteiger partial charge on any atom is 0.0577 e. The first kappa shape index (κ1) is 18.5. The summed E-state index contributed by atoms with van der Waals surface area (Å²) in [5.74, 6) is 0. The van der Waals surface area contributed by atoms with E-state index in [0.717, 1.165) is 24.5 Å². The van der Waals surface area contributed by atoms with E-state index in [4.69, 9.17) is 0 Å². The molecule has 3 nitrogen and oxygen atoms in total. The van der Waals surface area contributed by atoms with Gasteiger partial charge in [0.15, 0.2) is 0 Å². The standard InChI is InChI=1S/C27H25N3/c1-2-29-26-16-10-9-15-24(26)25-19-21(17-18-27(25)29)20-28-30(22-11-5-3-6-12-22)23-13-7-4-8-14-23/h3-19,28H,2,20H2,1H3. The fraction of sp³-hybridized carbons (Fsp3) is 0.111. The Kier molecular flexibility index (Phi) is 4.96. The van der Waals surface area contributed by atoms with E-state index in [1.54, 1.807) is 0 Å². The summed E-state index contributed by atoms with van der Waals surface area (Å²) in [4.78, 5) is 0. The molecule has 0 bridgehead atoms. The summed E-state index contributed by atoms with van der Waals surface area (Å²) in [5.41, 5.74) is 9.72. The molecule has 0 unspecified atom stereocenters. The molecule has 0 atom stereocenters. The van der Waals surface area contributed by atoms with Crippen molar-refractivity contribution in [1.29, 1.82) is 0 Å². The first-order valence-electron chi connectivity index (χ1n) is 10.5. The van der Waals surface area contributed by atoms with Crippen LogP contribution in [0.2, 0.25) is 0 Å². The molecule has 0 aliphatic heterocycles. The van der Waals surface area contributed by atoms with Crippen LogP contribution in [0.3, 0.4) is 0 Å². The van der Waals surface area contributed by atoms with Crippen molar-refractivity contribution in [2.24, 2.45) is 0 Å². The van der Waals surface area contributed by atoms with Gasteiger partial charge in [0, 0.05) is 34.9 Å². The van der Waals surface area contributed by atoms with E-state index >= 15 is 0 Å². The second kappa shape index (κ2) is 8.05. The average molecular weight is 392 g/mol. The number of fused-ring (bicyclic) bond motifs is 3. The van der Waals surface area contributed by atoms with Gasteiger partial charge in [-0.3, -0.25) is 5.01 Å². The number of nitrogens with zero attached hydrogens (tertiary/aromatic N) is 2. The quantitative estimate of drug-likeness (QED) is 0.327. The lowest BCUT2D eigenvalue weighted by molar-refractivity contribution is 0.708. The lowest BCUT2D eigenvalue weighted by atomic mass is 10.1. The van der Waals surface area contributed by atoms with Crippen LogP contribution in [0.15, 0.2) is 103 Å². The van der Waals surface area contributed by atoms with E-state index in [-0.39, 0.29) is 0 Å². The van der Waals surface area contributed by atoms with Crippen molar-refractivity contribution >= 4 is 33.2 Å². The molecule has 5 aromatic rings. The van der Waals surface area contributed by atoms with Crippen LogP contribution in [0.4, 0.5) is 11.4 Å². The first-order chi connectivity index (χ1) is 14.8. The number of nitrogens with one attached hydrogen (secondary N) is 1. The highest BCUT2D eigenvalue weighted by molar-refractivity contribution is 6.08. The van der Waals surface area contributed by atoms with Crippen molar-refractivity contribution in [3.8, 4) is 0 Å². The first-order valence-corrected chi connectivity index (χ1v) is 10.5. The van der Waals surface area contributed by atoms with E-state index in [1.807, 2.05) is 12.1 Å². The lowest BCUT2D eigenvalue weighted by Crippen LogP contribution is -2.33. The van der Waals surface area contributed by atoms with Crippen molar-refractivity contribution < 1.29 is 0 Å². The molecule has 148 valence electrons. The zero-order chi connectivity index (χ0) is 20.3. The fourth-order valence-electron chi connectivity index (χ4n) is 4.21. The Hall–Kier alpha value is -3.56. The van der Waals surface area contributed by atoms with Gasteiger partial charge in [0.05, 0.1) is 11.4 Å². The summed E-state index contributed by atoms with van der Waals surface area (Å²) in [6, 6.07) is 36.3. The molecule has 1 heterocycles. The number of anilines is 2. The molecule has 4 aromatic carbocycles. The highest BCUT2D eigenvalue weighted by Gasteiger charge is 2.11. The molecule has 3 heteroatoms. The highest BCUT2D eigenvalue weighted by atomic mass is 15.5. The molecule has 0 saturated heterocycles. The molecule has 1 N–H and O–H groups in total. The molecular weight excluding hydrogens is 366 g/mol. The van der Waals surface area contributed by atoms with Gasteiger partial charge in [-0.05, 0) is 55.0 Å². The Morgan fingerprint density at radius 3 is 1.93 bits per heavy atom. The van der Waals surface area contributed by atoms with Gasteiger partial charge in [0.1, 0.15) is 0 Å². The smallest absolute Gasteiger partial charge is 0.0577 e. The fourth-order valence-corrected chi connectivity index (χ4v) is 4.21. The van der Waals surface area contributed by atoms with Gasteiger partial charge in [-0.1, -0.05) is 60.7 Å². The van der Waals surface area contributed by atoms with Crippen molar-refractivity contribution in [3.05, 3.63) is 109 Å². The molecule has 0 fully saturated rings. The Morgan fingerprint density at radius 1 is 0.667 bits per heavy atom. The second-order valence-electron chi connectivity index (χ2n) is 7.45. The van der Waals surface area contributed by atoms with Crippen LogP contribution in [0, 0.1) is 0 Å². The van der Waals surface area contributed by atoms with Crippen molar-refractivity contribution in [1.82, 2.24) is 9.99 Å². The van der Waals surface area contributed by atoms with E-state index < -0.39 is 0 Å². The summed E-state index contributed by atoms with van der Waals surface area (Å²) in [5, 5.41) is 4.79. The minimum atomic E-state index is 0.741. The van der Waals surface area contributed by atoms with Gasteiger partial charge in [-0.2, -0.15) is 0 Å². The van der Waals surface area contributed by atoms with Crippen LogP contribution < -0.4 is 10.4 Å². The normalized spacial score (nSPS) is 11.2. The number of rotatable bonds is 6. The summed E-state index contributed by atoms with van der Waals surface area (Å²) >= 11 is 0. The molecule has 0 aliphatic rings. The third kappa shape index (κ3) is 3.34. The Labute approximate surface area is 177 Å². The van der Waals surface area contributed by atoms with Crippen LogP contribution in [0.25, 0.3) is 21.8 Å². The van der Waals surface area contributed by atoms with Gasteiger partial charge in [-0.15, -0.1) is 0 Å². The molecule has 0 radical (unpaired) electrons. The van der Waals surface area contributed by atoms with Crippen LogP contribution in [0.5, 0.6) is 0 Å². The minimum Gasteiger partial charge on any atom is -0.341 e. The number of aromatic nitrogens is 1. The summed E-state index contributed by atoms with van der Waals surface area (Å²) in [6.45, 7) is 3.92. The van der Waals surface area contributed by atoms with Gasteiger partial charge in [0.25, 0.3) is 0 Å². The number of para-hydroxylation sites is 3. The molecule has 0 amide bonds. The van der Waals surface area contributed by atoms with Gasteiger partial charge >= 0.3 is 0 Å². The van der Waals surface area contributed by atoms with Crippen LogP contribution >= 0.6 is 0 Å². The van der Waals surface area contributed by atoms with E-state index in [0.29, 0.717) is 0 Å². The third-order valence-electron chi connectivity index (χ3n) is 5.62. The van der Waals surface area contributed by atoms with Gasteiger partial charge < -0.3 is 4.57 Å². The maximum absolute atomic E-state index is 3.63. The molecule has 5 rings (SSSR count). The molecular formula is C27H25N3. The number of aryl methyl sites for hydroxylation is 1. The van der Waals surface area contributed by atoms with E-state index in [2.05, 4.69) is 113 Å². The zero-order valence-electron chi connectivity index (χ0n) is 17.1. The Balaban J connectivity index is 1.49. The summed E-state index contributed by atoms with van der Waals surface area (Å²) < 4.78 is 2.39. The zero-order valence-corrected chi connectivity index (χ0v) is 17.1. The lowest BCUT2D eigenvalue weighted by Gasteiger charge is -2.26. The predicted molar refractivity (Wildman–Crippen MR) is 127 cm³/mol. The molecule has 0 aliphatic carbocycles. The van der Waals surface area contributed by atoms with E-state index in [9.17, 15) is 0 Å². The van der Waals surface area contributed by atoms with Crippen molar-refractivity contribution in [2.45, 2.75) is 20.0 Å². The molecule has 0 saturated carbocycles. The van der Waals surface area contributed by atoms with E-state index in [1.165, 1.54) is 27.4 Å². The number of hydrogen-bond acceptors (Lipinski definition) is 2. The predicted octanol–water partition coefficient (Wildman–Crippen LogP) is 6.66. The van der Waals surface area contributed by atoms with Gasteiger partial charge in [-0.25, -0.2) is 5.43 Å². The Morgan fingerprint density at radius 2 is 1.27 bits per heavy atom. The van der Waals surface area contributed by atoms with Gasteiger partial charge in [0.2, 0.25) is 0 Å². The van der Waals surface area contributed by atoms with Crippen molar-refractivity contribution in [2.75, 3.05) is 5.01 Å². The molecule has 0 spiro atoms. The van der Waals surface area contributed by atoms with Crippen LogP contribution in [-0.4, -0.2) is 4.57 Å². The van der Waals surface area contributed by atoms with Crippen LogP contribution in [-0.2, 0) is 13.1 Å². The molecule has 30 heavy (non-hydrogen) atoms. The van der Waals surface area contributed by atoms with Crippen molar-refractivity contribution in [3.63, 3.8) is 0 Å². The topological polar surface area (TPSA) is 20.2 Å². The summed E-state index contributed by atoms with van der Waals surface area (Å²) in [7, 11) is 0. The monoisotopic (exact) mass is 391 g/mol. The number of hydrazine groups is 1. The number of benzene rings is 4. The maximum atomic E-state index is 3.63. The third-order valence-corrected chi connectivity index (χ3v) is 5.62. The SMILES string of the molecule is CCn1c2ccccc2c2cc(CNN(c3ccccc3)c3ccccc3)ccc21. The largest absolute Gasteiger partial charge is 0.341 e. The minimum absolute atomic E-state index is 0.741. The highest BCUT2D eigenvalue weighted by Crippen LogP contribution is 2.30. The average Bonchev–Trinajstić information content (AvgIpc) is 3.14. The molecule has 1 aromatic heterocycles. The Bertz CT molecular complexity index is 1230.